The highest BCUT2D eigenvalue weighted by molar-refractivity contribution is 7.99. The molecule has 8 heteroatoms. The number of benzene rings is 2. The molecule has 0 atom stereocenters. The minimum Gasteiger partial charge on any atom is -0.493 e. The molecule has 0 unspecified atom stereocenters. The molecule has 0 saturated heterocycles. The standard InChI is InChI=1S/C20H16N4O3S/c1-26-16-9-8-13(12-17(16)27-2)24-18(25)14-6-3-4-7-15(14)23-20(24)28-19-21-10-5-11-22-19/h3-12H,1-2H3. The van der Waals surface area contributed by atoms with Crippen molar-refractivity contribution in [2.24, 2.45) is 0 Å². The van der Waals surface area contributed by atoms with Crippen molar-refractivity contribution in [1.29, 1.82) is 0 Å². The molecule has 0 radical (unpaired) electrons. The van der Waals surface area contributed by atoms with Crippen LogP contribution in [0.25, 0.3) is 16.6 Å². The Balaban J connectivity index is 1.96. The van der Waals surface area contributed by atoms with Crippen molar-refractivity contribution in [3.05, 3.63) is 71.3 Å². The summed E-state index contributed by atoms with van der Waals surface area (Å²) in [5.41, 5.74) is 1.04. The van der Waals surface area contributed by atoms with Gasteiger partial charge in [-0.3, -0.25) is 9.36 Å². The molecule has 2 aromatic carbocycles. The van der Waals surface area contributed by atoms with Gasteiger partial charge in [-0.1, -0.05) is 12.1 Å². The number of ether oxygens (including phenoxy) is 2. The van der Waals surface area contributed by atoms with Crippen molar-refractivity contribution < 1.29 is 9.47 Å². The van der Waals surface area contributed by atoms with Crippen LogP contribution < -0.4 is 15.0 Å². The Hall–Kier alpha value is -3.39. The molecule has 28 heavy (non-hydrogen) atoms. The lowest BCUT2D eigenvalue weighted by atomic mass is 10.2. The number of fused-ring (bicyclic) bond motifs is 1. The average Bonchev–Trinajstić information content (AvgIpc) is 2.74. The zero-order chi connectivity index (χ0) is 19.5. The summed E-state index contributed by atoms with van der Waals surface area (Å²) in [6, 6.07) is 14.3. The Kier molecular flexibility index (Phi) is 4.94. The van der Waals surface area contributed by atoms with E-state index in [1.165, 1.54) is 16.3 Å². The fraction of sp³-hybridized carbons (Fsp3) is 0.100. The molecule has 0 aliphatic rings. The molecule has 0 bridgehead atoms. The lowest BCUT2D eigenvalue weighted by molar-refractivity contribution is 0.354. The van der Waals surface area contributed by atoms with Crippen molar-refractivity contribution in [3.8, 4) is 17.2 Å². The molecule has 0 aliphatic carbocycles. The van der Waals surface area contributed by atoms with Gasteiger partial charge in [0.2, 0.25) is 0 Å². The van der Waals surface area contributed by atoms with E-state index in [1.54, 1.807) is 56.9 Å². The third-order valence-corrected chi connectivity index (χ3v) is 4.94. The van der Waals surface area contributed by atoms with Gasteiger partial charge in [0.15, 0.2) is 21.8 Å². The van der Waals surface area contributed by atoms with Crippen LogP contribution in [0.5, 0.6) is 11.5 Å². The molecule has 0 aliphatic heterocycles. The molecule has 0 fully saturated rings. The van der Waals surface area contributed by atoms with Crippen LogP contribution in [0, 0.1) is 0 Å². The Morgan fingerprint density at radius 2 is 1.68 bits per heavy atom. The first-order valence-corrected chi connectivity index (χ1v) is 9.22. The summed E-state index contributed by atoms with van der Waals surface area (Å²) in [7, 11) is 3.12. The highest BCUT2D eigenvalue weighted by Gasteiger charge is 2.16. The number of hydrogen-bond donors (Lipinski definition) is 0. The van der Waals surface area contributed by atoms with Gasteiger partial charge in [0, 0.05) is 18.5 Å². The van der Waals surface area contributed by atoms with E-state index in [0.717, 1.165) is 0 Å². The van der Waals surface area contributed by atoms with Crippen LogP contribution in [0.15, 0.2) is 76.0 Å². The van der Waals surface area contributed by atoms with Gasteiger partial charge in [-0.15, -0.1) is 0 Å². The fourth-order valence-electron chi connectivity index (χ4n) is 2.79. The van der Waals surface area contributed by atoms with Crippen LogP contribution in [0.2, 0.25) is 0 Å². The van der Waals surface area contributed by atoms with Gasteiger partial charge in [0.05, 0.1) is 30.8 Å². The van der Waals surface area contributed by atoms with Gasteiger partial charge in [-0.05, 0) is 42.1 Å². The SMILES string of the molecule is COc1ccc(-n2c(Sc3ncccn3)nc3ccccc3c2=O)cc1OC. The lowest BCUT2D eigenvalue weighted by Crippen LogP contribution is -2.21. The minimum absolute atomic E-state index is 0.184. The van der Waals surface area contributed by atoms with Crippen LogP contribution in [0.3, 0.4) is 0 Å². The third kappa shape index (κ3) is 3.29. The number of para-hydroxylation sites is 1. The maximum absolute atomic E-state index is 13.3. The lowest BCUT2D eigenvalue weighted by Gasteiger charge is -2.14. The predicted octanol–water partition coefficient (Wildman–Crippen LogP) is 3.34. The summed E-state index contributed by atoms with van der Waals surface area (Å²) in [5.74, 6) is 1.10. The highest BCUT2D eigenvalue weighted by atomic mass is 32.2. The highest BCUT2D eigenvalue weighted by Crippen LogP contribution is 2.31. The van der Waals surface area contributed by atoms with Gasteiger partial charge >= 0.3 is 0 Å². The zero-order valence-electron chi connectivity index (χ0n) is 15.2. The monoisotopic (exact) mass is 392 g/mol. The van der Waals surface area contributed by atoms with E-state index in [9.17, 15) is 4.79 Å². The molecule has 4 aromatic rings. The molecule has 2 aromatic heterocycles. The average molecular weight is 392 g/mol. The zero-order valence-corrected chi connectivity index (χ0v) is 16.0. The van der Waals surface area contributed by atoms with Crippen molar-refractivity contribution in [1.82, 2.24) is 19.5 Å². The Morgan fingerprint density at radius 3 is 2.43 bits per heavy atom. The van der Waals surface area contributed by atoms with Crippen molar-refractivity contribution in [3.63, 3.8) is 0 Å². The summed E-state index contributed by atoms with van der Waals surface area (Å²) >= 11 is 1.22. The molecule has 0 N–H and O–H groups in total. The topological polar surface area (TPSA) is 79.1 Å². The minimum atomic E-state index is -0.184. The number of hydrogen-bond acceptors (Lipinski definition) is 7. The molecule has 7 nitrogen and oxygen atoms in total. The van der Waals surface area contributed by atoms with E-state index in [2.05, 4.69) is 15.0 Å². The predicted molar refractivity (Wildman–Crippen MR) is 107 cm³/mol. The van der Waals surface area contributed by atoms with Crippen molar-refractivity contribution in [2.75, 3.05) is 14.2 Å². The summed E-state index contributed by atoms with van der Waals surface area (Å²) in [6.45, 7) is 0. The van der Waals surface area contributed by atoms with Gasteiger partial charge in [-0.2, -0.15) is 0 Å². The fourth-order valence-corrected chi connectivity index (χ4v) is 3.61. The maximum atomic E-state index is 13.3. The third-order valence-electron chi connectivity index (χ3n) is 4.09. The first kappa shape index (κ1) is 18.0. The largest absolute Gasteiger partial charge is 0.493 e. The number of methoxy groups -OCH3 is 2. The second-order valence-electron chi connectivity index (χ2n) is 5.72. The summed E-state index contributed by atoms with van der Waals surface area (Å²) in [5, 5.41) is 1.48. The molecule has 2 heterocycles. The Labute approximate surface area is 165 Å². The van der Waals surface area contributed by atoms with Crippen LogP contribution in [-0.4, -0.2) is 33.7 Å². The Morgan fingerprint density at radius 1 is 0.929 bits per heavy atom. The second kappa shape index (κ2) is 7.69. The quantitative estimate of drug-likeness (QED) is 0.482. The maximum Gasteiger partial charge on any atom is 0.266 e. The van der Waals surface area contributed by atoms with Crippen LogP contribution in [0.1, 0.15) is 0 Å². The molecular formula is C20H16N4O3S. The van der Waals surface area contributed by atoms with Gasteiger partial charge < -0.3 is 9.47 Å². The number of aromatic nitrogens is 4. The van der Waals surface area contributed by atoms with Crippen LogP contribution in [-0.2, 0) is 0 Å². The molecule has 0 spiro atoms. The molecule has 140 valence electrons. The van der Waals surface area contributed by atoms with E-state index < -0.39 is 0 Å². The molecule has 4 rings (SSSR count). The molecular weight excluding hydrogens is 376 g/mol. The van der Waals surface area contributed by atoms with Crippen molar-refractivity contribution in [2.45, 2.75) is 10.3 Å². The summed E-state index contributed by atoms with van der Waals surface area (Å²) in [6.07, 6.45) is 3.30. The Bertz CT molecular complexity index is 1200. The van der Waals surface area contributed by atoms with E-state index >= 15 is 0 Å². The van der Waals surface area contributed by atoms with E-state index in [0.29, 0.717) is 38.4 Å². The number of rotatable bonds is 5. The van der Waals surface area contributed by atoms with E-state index in [-0.39, 0.29) is 5.56 Å². The second-order valence-corrected chi connectivity index (χ2v) is 6.66. The van der Waals surface area contributed by atoms with Crippen LogP contribution >= 0.6 is 11.8 Å². The van der Waals surface area contributed by atoms with E-state index in [1.807, 2.05) is 18.2 Å². The first-order valence-electron chi connectivity index (χ1n) is 8.40. The number of nitrogens with zero attached hydrogens (tertiary/aromatic N) is 4. The normalized spacial score (nSPS) is 10.8. The molecule has 0 amide bonds. The van der Waals surface area contributed by atoms with Crippen LogP contribution in [0.4, 0.5) is 0 Å². The van der Waals surface area contributed by atoms with Gasteiger partial charge in [0.25, 0.3) is 5.56 Å². The molecule has 0 saturated carbocycles. The van der Waals surface area contributed by atoms with Crippen molar-refractivity contribution >= 4 is 22.7 Å². The first-order chi connectivity index (χ1) is 13.7. The summed E-state index contributed by atoms with van der Waals surface area (Å²) < 4.78 is 12.2. The van der Waals surface area contributed by atoms with Gasteiger partial charge in [-0.25, -0.2) is 15.0 Å². The summed E-state index contributed by atoms with van der Waals surface area (Å²) in [4.78, 5) is 26.4. The smallest absolute Gasteiger partial charge is 0.266 e. The van der Waals surface area contributed by atoms with Gasteiger partial charge in [0.1, 0.15) is 0 Å². The van der Waals surface area contributed by atoms with E-state index in [4.69, 9.17) is 9.47 Å².